The van der Waals surface area contributed by atoms with Crippen LogP contribution in [0.15, 0.2) is 43.4 Å². The highest BCUT2D eigenvalue weighted by molar-refractivity contribution is 6.06. The maximum Gasteiger partial charge on any atom is 0.302 e. The predicted molar refractivity (Wildman–Crippen MR) is 111 cm³/mol. The Morgan fingerprint density at radius 2 is 2.07 bits per heavy atom. The number of carbonyl (C=O) groups excluding carboxylic acids is 2. The lowest BCUT2D eigenvalue weighted by Gasteiger charge is -2.07. The second-order valence-electron chi connectivity index (χ2n) is 6.32. The second-order valence-corrected chi connectivity index (χ2v) is 6.32. The minimum Gasteiger partial charge on any atom is -0.505 e. The van der Waals surface area contributed by atoms with Crippen LogP contribution < -0.4 is 0 Å². The number of amides is 1. The fourth-order valence-electron chi connectivity index (χ4n) is 2.65. The Kier molecular flexibility index (Phi) is 9.51. The zero-order valence-electron chi connectivity index (χ0n) is 17.2. The van der Waals surface area contributed by atoms with E-state index in [0.717, 1.165) is 29.4 Å². The Hall–Kier alpha value is -3.22. The van der Waals surface area contributed by atoms with E-state index in [0.29, 0.717) is 24.0 Å². The van der Waals surface area contributed by atoms with Crippen molar-refractivity contribution in [3.8, 4) is 5.75 Å². The van der Waals surface area contributed by atoms with Gasteiger partial charge in [-0.25, -0.2) is 4.39 Å². The molecule has 0 bridgehead atoms. The van der Waals surface area contributed by atoms with Gasteiger partial charge in [0, 0.05) is 32.1 Å². The minimum absolute atomic E-state index is 0.00196. The SMILES string of the molecule is C/C=C/F.C=CCCc1cnc2c(O)c3c(cc2c1)CN(C)C3=O.COC(C)=O. The van der Waals surface area contributed by atoms with Crippen LogP contribution in [0.25, 0.3) is 10.9 Å². The summed E-state index contributed by atoms with van der Waals surface area (Å²) in [4.78, 5) is 27.5. The number of rotatable bonds is 3. The third kappa shape index (κ3) is 6.41. The molecule has 29 heavy (non-hydrogen) atoms. The summed E-state index contributed by atoms with van der Waals surface area (Å²) in [6.45, 7) is 7.24. The average molecular weight is 402 g/mol. The molecule has 3 rings (SSSR count). The van der Waals surface area contributed by atoms with Crippen LogP contribution in [0.5, 0.6) is 5.75 Å². The van der Waals surface area contributed by atoms with Crippen LogP contribution in [0.1, 0.15) is 41.8 Å². The van der Waals surface area contributed by atoms with Gasteiger partial charge in [-0.1, -0.05) is 12.2 Å². The number of fused-ring (bicyclic) bond motifs is 2. The topological polar surface area (TPSA) is 79.7 Å². The fraction of sp³-hybridized carbons (Fsp3) is 0.318. The molecule has 0 radical (unpaired) electrons. The Bertz CT molecular complexity index is 905. The number of aryl methyl sites for hydroxylation is 1. The predicted octanol–water partition coefficient (Wildman–Crippen LogP) is 4.31. The number of benzene rings is 1. The number of hydrogen-bond acceptors (Lipinski definition) is 5. The van der Waals surface area contributed by atoms with E-state index in [1.165, 1.54) is 20.1 Å². The molecule has 0 spiro atoms. The van der Waals surface area contributed by atoms with Gasteiger partial charge in [0.2, 0.25) is 0 Å². The monoisotopic (exact) mass is 402 g/mol. The number of methoxy groups -OCH3 is 1. The molecule has 0 atom stereocenters. The van der Waals surface area contributed by atoms with Gasteiger partial charge in [-0.3, -0.25) is 14.6 Å². The summed E-state index contributed by atoms with van der Waals surface area (Å²) in [5.74, 6) is -0.385. The largest absolute Gasteiger partial charge is 0.505 e. The molecule has 1 aromatic carbocycles. The van der Waals surface area contributed by atoms with Gasteiger partial charge in [-0.05, 0) is 43.0 Å². The van der Waals surface area contributed by atoms with Crippen molar-refractivity contribution in [3.63, 3.8) is 0 Å². The number of nitrogens with zero attached hydrogens (tertiary/aromatic N) is 2. The van der Waals surface area contributed by atoms with Crippen LogP contribution in [0.3, 0.4) is 0 Å². The highest BCUT2D eigenvalue weighted by Crippen LogP contribution is 2.35. The quantitative estimate of drug-likeness (QED) is 0.611. The molecule has 2 aromatic rings. The van der Waals surface area contributed by atoms with Crippen LogP contribution >= 0.6 is 0 Å². The number of aromatic hydroxyl groups is 1. The van der Waals surface area contributed by atoms with Gasteiger partial charge >= 0.3 is 5.97 Å². The molecule has 156 valence electrons. The number of phenols is 1. The van der Waals surface area contributed by atoms with Gasteiger partial charge in [-0.2, -0.15) is 0 Å². The molecule has 0 aliphatic carbocycles. The van der Waals surface area contributed by atoms with E-state index >= 15 is 0 Å². The molecular formula is C22H27FN2O4. The number of esters is 1. The summed E-state index contributed by atoms with van der Waals surface area (Å²) in [6.07, 6.45) is 7.23. The van der Waals surface area contributed by atoms with E-state index in [1.807, 2.05) is 18.2 Å². The van der Waals surface area contributed by atoms with Crippen LogP contribution in [0.2, 0.25) is 0 Å². The highest BCUT2D eigenvalue weighted by Gasteiger charge is 2.29. The van der Waals surface area contributed by atoms with Crippen molar-refractivity contribution in [1.29, 1.82) is 0 Å². The average Bonchev–Trinajstić information content (AvgIpc) is 3.00. The van der Waals surface area contributed by atoms with E-state index in [2.05, 4.69) is 16.3 Å². The summed E-state index contributed by atoms with van der Waals surface area (Å²) in [5, 5.41) is 11.2. The number of phenolic OH excluding ortho intramolecular Hbond substituents is 1. The second kappa shape index (κ2) is 11.6. The number of hydrogen-bond donors (Lipinski definition) is 1. The number of halogens is 1. The molecule has 1 N–H and O–H groups in total. The lowest BCUT2D eigenvalue weighted by Crippen LogP contribution is -2.17. The lowest BCUT2D eigenvalue weighted by atomic mass is 10.0. The van der Waals surface area contributed by atoms with Gasteiger partial charge in [0.1, 0.15) is 5.52 Å². The maximum absolute atomic E-state index is 12.0. The van der Waals surface area contributed by atoms with Crippen molar-refractivity contribution >= 4 is 22.8 Å². The summed E-state index contributed by atoms with van der Waals surface area (Å²) in [7, 11) is 3.08. The molecule has 0 fully saturated rings. The van der Waals surface area contributed by atoms with Gasteiger partial charge in [-0.15, -0.1) is 6.58 Å². The molecule has 1 aliphatic rings. The van der Waals surface area contributed by atoms with E-state index in [9.17, 15) is 19.1 Å². The van der Waals surface area contributed by atoms with Crippen molar-refractivity contribution in [2.45, 2.75) is 33.2 Å². The molecule has 0 saturated carbocycles. The first-order valence-electron chi connectivity index (χ1n) is 9.06. The number of ether oxygens (including phenoxy) is 1. The Morgan fingerprint density at radius 3 is 2.59 bits per heavy atom. The van der Waals surface area contributed by atoms with Crippen LogP contribution in [0, 0.1) is 0 Å². The standard InChI is InChI=1S/C16H16N2O2.C3H5F.C3H6O2/c1-3-4-5-10-6-11-7-12-9-18(2)16(20)13(12)15(19)14(11)17-8-10;1-2-3-4;1-3(4)5-2/h3,6-8,19H,1,4-5,9H2,2H3;2-3H,1H3;1-2H3/b;3-2+;. The van der Waals surface area contributed by atoms with Crippen LogP contribution in [0.4, 0.5) is 4.39 Å². The van der Waals surface area contributed by atoms with Gasteiger partial charge in [0.05, 0.1) is 19.0 Å². The Labute approximate surface area is 170 Å². The molecule has 6 nitrogen and oxygen atoms in total. The first-order valence-corrected chi connectivity index (χ1v) is 9.06. The molecule has 2 heterocycles. The zero-order valence-corrected chi connectivity index (χ0v) is 17.2. The highest BCUT2D eigenvalue weighted by atomic mass is 19.1. The number of aromatic nitrogens is 1. The fourth-order valence-corrected chi connectivity index (χ4v) is 2.65. The molecule has 1 aliphatic heterocycles. The van der Waals surface area contributed by atoms with Crippen LogP contribution in [-0.2, 0) is 22.5 Å². The van der Waals surface area contributed by atoms with Crippen molar-refractivity contribution in [2.24, 2.45) is 0 Å². The van der Waals surface area contributed by atoms with Crippen molar-refractivity contribution in [3.05, 3.63) is 60.1 Å². The van der Waals surface area contributed by atoms with E-state index in [4.69, 9.17) is 0 Å². The lowest BCUT2D eigenvalue weighted by molar-refractivity contribution is -0.137. The summed E-state index contributed by atoms with van der Waals surface area (Å²) >= 11 is 0. The van der Waals surface area contributed by atoms with E-state index in [1.54, 1.807) is 25.1 Å². The summed E-state index contributed by atoms with van der Waals surface area (Å²) in [5.41, 5.74) is 2.86. The normalized spacial score (nSPS) is 12.0. The van der Waals surface area contributed by atoms with Gasteiger partial charge in [0.25, 0.3) is 5.91 Å². The first-order chi connectivity index (χ1) is 13.8. The van der Waals surface area contributed by atoms with Crippen molar-refractivity contribution in [2.75, 3.05) is 14.2 Å². The third-order valence-corrected chi connectivity index (χ3v) is 4.10. The Morgan fingerprint density at radius 1 is 1.45 bits per heavy atom. The molecular weight excluding hydrogens is 375 g/mol. The van der Waals surface area contributed by atoms with Crippen molar-refractivity contribution in [1.82, 2.24) is 9.88 Å². The number of allylic oxidation sites excluding steroid dienone is 2. The van der Waals surface area contributed by atoms with E-state index < -0.39 is 0 Å². The smallest absolute Gasteiger partial charge is 0.302 e. The van der Waals surface area contributed by atoms with E-state index in [-0.39, 0.29) is 17.6 Å². The Balaban J connectivity index is 0.000000396. The summed E-state index contributed by atoms with van der Waals surface area (Å²) in [6, 6.07) is 3.98. The van der Waals surface area contributed by atoms with Gasteiger partial charge < -0.3 is 14.7 Å². The molecule has 7 heteroatoms. The number of carbonyl (C=O) groups is 2. The first kappa shape index (κ1) is 23.8. The molecule has 1 aromatic heterocycles. The maximum atomic E-state index is 12.0. The third-order valence-electron chi connectivity index (χ3n) is 4.10. The molecule has 1 amide bonds. The van der Waals surface area contributed by atoms with Crippen LogP contribution in [-0.4, -0.2) is 41.0 Å². The summed E-state index contributed by atoms with van der Waals surface area (Å²) < 4.78 is 14.7. The van der Waals surface area contributed by atoms with Crippen molar-refractivity contribution < 1.29 is 23.8 Å². The number of pyridine rings is 1. The molecule has 0 unspecified atom stereocenters. The minimum atomic E-state index is -0.245. The molecule has 0 saturated heterocycles. The van der Waals surface area contributed by atoms with Gasteiger partial charge in [0.15, 0.2) is 5.75 Å². The zero-order chi connectivity index (χ0) is 22.0.